The van der Waals surface area contributed by atoms with Crippen LogP contribution in [0.1, 0.15) is 25.0 Å². The maximum Gasteiger partial charge on any atom is 0.160 e. The fraction of sp³-hybridized carbons (Fsp3) is 0.0545. The molecular weight excluding hydrogens is 689 g/mol. The van der Waals surface area contributed by atoms with E-state index >= 15 is 0 Å². The van der Waals surface area contributed by atoms with Crippen LogP contribution in [0.25, 0.3) is 99.6 Å². The van der Waals surface area contributed by atoms with Crippen molar-refractivity contribution in [2.24, 2.45) is 0 Å². The summed E-state index contributed by atoms with van der Waals surface area (Å²) < 4.78 is 0. The summed E-state index contributed by atoms with van der Waals surface area (Å²) in [7, 11) is 0. The van der Waals surface area contributed by atoms with E-state index in [1.807, 2.05) is 18.2 Å². The molecule has 10 aromatic rings. The Bertz CT molecular complexity index is 3190. The monoisotopic (exact) mass is 726 g/mol. The molecule has 2 heteroatoms. The summed E-state index contributed by atoms with van der Waals surface area (Å²) in [6, 6.07) is 70.2. The van der Waals surface area contributed by atoms with Crippen LogP contribution in [-0.4, -0.2) is 9.97 Å². The lowest BCUT2D eigenvalue weighted by molar-refractivity contribution is 0.661. The van der Waals surface area contributed by atoms with Crippen molar-refractivity contribution in [3.05, 3.63) is 205 Å². The fourth-order valence-electron chi connectivity index (χ4n) is 9.01. The minimum absolute atomic E-state index is 0.112. The van der Waals surface area contributed by atoms with Crippen LogP contribution >= 0.6 is 0 Å². The van der Waals surface area contributed by atoms with Gasteiger partial charge in [0.25, 0.3) is 0 Å². The molecule has 0 spiro atoms. The van der Waals surface area contributed by atoms with Gasteiger partial charge in [-0.15, -0.1) is 0 Å². The second kappa shape index (κ2) is 13.0. The van der Waals surface area contributed by atoms with Gasteiger partial charge in [0.05, 0.1) is 11.4 Å². The highest BCUT2D eigenvalue weighted by Gasteiger charge is 2.36. The first-order valence-corrected chi connectivity index (χ1v) is 19.7. The number of aromatic nitrogens is 2. The third kappa shape index (κ3) is 5.56. The molecule has 2 nitrogen and oxygen atoms in total. The molecule has 1 heterocycles. The van der Waals surface area contributed by atoms with Gasteiger partial charge in [-0.05, 0) is 107 Å². The van der Waals surface area contributed by atoms with Gasteiger partial charge in [-0.25, -0.2) is 9.97 Å². The van der Waals surface area contributed by atoms with Crippen LogP contribution in [0, 0.1) is 0 Å². The second-order valence-electron chi connectivity index (χ2n) is 15.8. The van der Waals surface area contributed by atoms with E-state index in [0.29, 0.717) is 5.82 Å². The van der Waals surface area contributed by atoms with Gasteiger partial charge >= 0.3 is 0 Å². The Hall–Kier alpha value is -7.16. The molecule has 0 amide bonds. The predicted octanol–water partition coefficient (Wildman–Crippen LogP) is 14.6. The number of hydrogen-bond acceptors (Lipinski definition) is 2. The molecule has 0 saturated carbocycles. The molecule has 9 aromatic carbocycles. The summed E-state index contributed by atoms with van der Waals surface area (Å²) in [5.74, 6) is 0.711. The molecule has 11 rings (SSSR count). The molecular formula is C55H38N2. The SMILES string of the molecule is CC1(C)c2cc(-c3ccc(-c4cc(-c5ccc(-c6ccc7ccccc7c6)cc5)nc(-c5ccccc5)n4)c4ccccc34)ccc2-c2cc3ccccc3cc21. The van der Waals surface area contributed by atoms with Crippen molar-refractivity contribution in [1.82, 2.24) is 9.97 Å². The number of rotatable bonds is 5. The summed E-state index contributed by atoms with van der Waals surface area (Å²) >= 11 is 0. The van der Waals surface area contributed by atoms with E-state index in [2.05, 4.69) is 190 Å². The Morgan fingerprint density at radius 3 is 1.63 bits per heavy atom. The Morgan fingerprint density at radius 2 is 0.860 bits per heavy atom. The average molecular weight is 727 g/mol. The number of benzene rings is 9. The fourth-order valence-corrected chi connectivity index (χ4v) is 9.01. The van der Waals surface area contributed by atoms with Crippen molar-refractivity contribution in [3.63, 3.8) is 0 Å². The largest absolute Gasteiger partial charge is 0.228 e. The zero-order valence-electron chi connectivity index (χ0n) is 31.9. The van der Waals surface area contributed by atoms with Crippen LogP contribution in [0.5, 0.6) is 0 Å². The van der Waals surface area contributed by atoms with Crippen molar-refractivity contribution in [1.29, 1.82) is 0 Å². The van der Waals surface area contributed by atoms with Crippen molar-refractivity contribution in [2.75, 3.05) is 0 Å². The van der Waals surface area contributed by atoms with E-state index in [9.17, 15) is 0 Å². The Balaban J connectivity index is 1.01. The first-order valence-electron chi connectivity index (χ1n) is 19.7. The van der Waals surface area contributed by atoms with Gasteiger partial charge in [0.1, 0.15) is 0 Å². The first-order chi connectivity index (χ1) is 28.0. The van der Waals surface area contributed by atoms with E-state index in [1.165, 1.54) is 76.8 Å². The Labute approximate surface area is 332 Å². The third-order valence-corrected chi connectivity index (χ3v) is 12.1. The van der Waals surface area contributed by atoms with Gasteiger partial charge in [-0.3, -0.25) is 0 Å². The summed E-state index contributed by atoms with van der Waals surface area (Å²) in [5.41, 5.74) is 15.1. The molecule has 268 valence electrons. The molecule has 0 bridgehead atoms. The maximum absolute atomic E-state index is 5.25. The topological polar surface area (TPSA) is 25.8 Å². The van der Waals surface area contributed by atoms with Crippen LogP contribution in [0.3, 0.4) is 0 Å². The molecule has 1 aliphatic rings. The highest BCUT2D eigenvalue weighted by Crippen LogP contribution is 2.51. The standard InChI is InChI=1S/C55H38N2/c1-55(2)50-33-43(26-27-47(50)49-31-40-16-8-9-17-41(40)32-51(49)55)44-28-29-48(46-19-11-10-18-45(44)46)53-34-52(56-54(57-53)38-13-4-3-5-14-38)37-23-20-36(21-24-37)42-25-22-35-12-6-7-15-39(35)30-42/h3-34H,1-2H3. The van der Waals surface area contributed by atoms with Gasteiger partial charge < -0.3 is 0 Å². The van der Waals surface area contributed by atoms with E-state index in [0.717, 1.165) is 28.1 Å². The smallest absolute Gasteiger partial charge is 0.160 e. The minimum atomic E-state index is -0.112. The molecule has 0 unspecified atom stereocenters. The lowest BCUT2D eigenvalue weighted by Gasteiger charge is -2.22. The highest BCUT2D eigenvalue weighted by molar-refractivity contribution is 6.05. The van der Waals surface area contributed by atoms with E-state index in [1.54, 1.807) is 0 Å². The molecule has 1 aliphatic carbocycles. The summed E-state index contributed by atoms with van der Waals surface area (Å²) in [6.45, 7) is 4.73. The Kier molecular flexibility index (Phi) is 7.55. The summed E-state index contributed by atoms with van der Waals surface area (Å²) in [5, 5.41) is 7.43. The van der Waals surface area contributed by atoms with Crippen LogP contribution in [0.2, 0.25) is 0 Å². The molecule has 57 heavy (non-hydrogen) atoms. The van der Waals surface area contributed by atoms with Crippen LogP contribution < -0.4 is 0 Å². The second-order valence-corrected chi connectivity index (χ2v) is 15.8. The molecule has 0 radical (unpaired) electrons. The van der Waals surface area contributed by atoms with Crippen molar-refractivity contribution in [3.8, 4) is 67.3 Å². The third-order valence-electron chi connectivity index (χ3n) is 12.1. The minimum Gasteiger partial charge on any atom is -0.228 e. The van der Waals surface area contributed by atoms with Crippen molar-refractivity contribution in [2.45, 2.75) is 19.3 Å². The Morgan fingerprint density at radius 1 is 0.316 bits per heavy atom. The number of nitrogens with zero attached hydrogens (tertiary/aromatic N) is 2. The van der Waals surface area contributed by atoms with E-state index < -0.39 is 0 Å². The average Bonchev–Trinajstić information content (AvgIpc) is 3.49. The first kappa shape index (κ1) is 33.2. The van der Waals surface area contributed by atoms with E-state index in [4.69, 9.17) is 9.97 Å². The zero-order chi connectivity index (χ0) is 38.1. The lowest BCUT2D eigenvalue weighted by atomic mass is 9.81. The maximum atomic E-state index is 5.25. The van der Waals surface area contributed by atoms with Gasteiger partial charge in [-0.2, -0.15) is 0 Å². The number of fused-ring (bicyclic) bond motifs is 6. The normalized spacial score (nSPS) is 12.9. The molecule has 0 N–H and O–H groups in total. The van der Waals surface area contributed by atoms with Crippen LogP contribution in [-0.2, 0) is 5.41 Å². The van der Waals surface area contributed by atoms with Gasteiger partial charge in [0, 0.05) is 22.1 Å². The summed E-state index contributed by atoms with van der Waals surface area (Å²) in [6.07, 6.45) is 0. The molecule has 0 saturated heterocycles. The van der Waals surface area contributed by atoms with Crippen LogP contribution in [0.15, 0.2) is 194 Å². The predicted molar refractivity (Wildman–Crippen MR) is 239 cm³/mol. The van der Waals surface area contributed by atoms with Gasteiger partial charge in [0.2, 0.25) is 0 Å². The lowest BCUT2D eigenvalue weighted by Crippen LogP contribution is -2.15. The van der Waals surface area contributed by atoms with Gasteiger partial charge in [0.15, 0.2) is 5.82 Å². The van der Waals surface area contributed by atoms with Crippen molar-refractivity contribution < 1.29 is 0 Å². The van der Waals surface area contributed by atoms with Crippen LogP contribution in [0.4, 0.5) is 0 Å². The zero-order valence-corrected chi connectivity index (χ0v) is 31.9. The highest BCUT2D eigenvalue weighted by atomic mass is 14.9. The van der Waals surface area contributed by atoms with Gasteiger partial charge in [-0.1, -0.05) is 178 Å². The number of hydrogen-bond donors (Lipinski definition) is 0. The molecule has 0 atom stereocenters. The molecule has 0 aliphatic heterocycles. The molecule has 1 aromatic heterocycles. The van der Waals surface area contributed by atoms with E-state index in [-0.39, 0.29) is 5.41 Å². The molecule has 0 fully saturated rings. The van der Waals surface area contributed by atoms with Crippen molar-refractivity contribution >= 4 is 32.3 Å². The quantitative estimate of drug-likeness (QED) is 0.176. The summed E-state index contributed by atoms with van der Waals surface area (Å²) in [4.78, 5) is 10.4.